The van der Waals surface area contributed by atoms with E-state index in [9.17, 15) is 18.0 Å². The zero-order chi connectivity index (χ0) is 24.0. The number of nitrogens with zero attached hydrogens (tertiary/aromatic N) is 2. The first-order valence-electron chi connectivity index (χ1n) is 10.8. The van der Waals surface area contributed by atoms with E-state index in [-0.39, 0.29) is 12.5 Å². The van der Waals surface area contributed by atoms with Gasteiger partial charge in [-0.05, 0) is 30.9 Å². The maximum atomic E-state index is 13.5. The monoisotopic (exact) mass is 467 g/mol. The minimum atomic E-state index is -3.78. The highest BCUT2D eigenvalue weighted by molar-refractivity contribution is 7.92. The van der Waals surface area contributed by atoms with Gasteiger partial charge in [-0.1, -0.05) is 66.7 Å². The third-order valence-electron chi connectivity index (χ3n) is 5.43. The van der Waals surface area contributed by atoms with Crippen molar-refractivity contribution in [3.63, 3.8) is 0 Å². The number of amides is 2. The predicted molar refractivity (Wildman–Crippen MR) is 131 cm³/mol. The molecule has 0 aromatic heterocycles. The van der Waals surface area contributed by atoms with Gasteiger partial charge in [0.15, 0.2) is 0 Å². The zero-order valence-electron chi connectivity index (χ0n) is 19.1. The summed E-state index contributed by atoms with van der Waals surface area (Å²) >= 11 is 0. The third-order valence-corrected chi connectivity index (χ3v) is 6.56. The van der Waals surface area contributed by atoms with Gasteiger partial charge >= 0.3 is 0 Å². The van der Waals surface area contributed by atoms with Gasteiger partial charge in [-0.3, -0.25) is 13.9 Å². The number of rotatable bonds is 9. The second-order valence-electron chi connectivity index (χ2n) is 7.85. The lowest BCUT2D eigenvalue weighted by Crippen LogP contribution is -2.51. The fourth-order valence-corrected chi connectivity index (χ4v) is 4.57. The van der Waals surface area contributed by atoms with Crippen molar-refractivity contribution in [1.29, 1.82) is 0 Å². The fourth-order valence-electron chi connectivity index (χ4n) is 3.71. The van der Waals surface area contributed by atoms with Crippen molar-refractivity contribution in [2.24, 2.45) is 0 Å². The van der Waals surface area contributed by atoms with E-state index in [2.05, 4.69) is 5.32 Å². The van der Waals surface area contributed by atoms with E-state index < -0.39 is 28.5 Å². The Morgan fingerprint density at radius 2 is 1.58 bits per heavy atom. The average Bonchev–Trinajstić information content (AvgIpc) is 2.80. The number of fused-ring (bicyclic) bond motifs is 1. The molecule has 0 aliphatic carbocycles. The minimum Gasteiger partial charge on any atom is -0.355 e. The van der Waals surface area contributed by atoms with Gasteiger partial charge in [-0.2, -0.15) is 0 Å². The normalized spacial score (nSPS) is 12.2. The summed E-state index contributed by atoms with van der Waals surface area (Å²) in [6.07, 6.45) is 1.08. The van der Waals surface area contributed by atoms with Crippen LogP contribution >= 0.6 is 0 Å². The van der Waals surface area contributed by atoms with E-state index in [1.165, 1.54) is 4.90 Å². The Morgan fingerprint density at radius 1 is 0.939 bits per heavy atom. The lowest BCUT2D eigenvalue weighted by molar-refractivity contribution is -0.139. The number of carbonyl (C=O) groups is 2. The Morgan fingerprint density at radius 3 is 2.24 bits per heavy atom. The summed E-state index contributed by atoms with van der Waals surface area (Å²) in [4.78, 5) is 27.5. The summed E-state index contributed by atoms with van der Waals surface area (Å²) in [5.41, 5.74) is 1.27. The van der Waals surface area contributed by atoms with Crippen LogP contribution in [-0.4, -0.2) is 50.5 Å². The molecule has 3 aromatic carbocycles. The number of likely N-dealkylation sites (N-methyl/N-ethyl adjacent to an activating group) is 1. The molecule has 0 unspecified atom stereocenters. The van der Waals surface area contributed by atoms with Gasteiger partial charge in [-0.25, -0.2) is 8.42 Å². The number of carbonyl (C=O) groups excluding carboxylic acids is 2. The summed E-state index contributed by atoms with van der Waals surface area (Å²) < 4.78 is 26.7. The molecule has 1 N–H and O–H groups in total. The van der Waals surface area contributed by atoms with Crippen LogP contribution < -0.4 is 9.62 Å². The molecule has 0 bridgehead atoms. The van der Waals surface area contributed by atoms with Gasteiger partial charge in [-0.15, -0.1) is 0 Å². The van der Waals surface area contributed by atoms with Crippen molar-refractivity contribution >= 4 is 38.3 Å². The minimum absolute atomic E-state index is 0.186. The summed E-state index contributed by atoms with van der Waals surface area (Å²) in [7, 11) is -3.78. The first kappa shape index (κ1) is 24.3. The van der Waals surface area contributed by atoms with E-state index in [0.29, 0.717) is 12.2 Å². The molecule has 0 saturated carbocycles. The Bertz CT molecular complexity index is 1220. The first-order valence-corrected chi connectivity index (χ1v) is 12.6. The van der Waals surface area contributed by atoms with Gasteiger partial charge in [0.2, 0.25) is 21.8 Å². The largest absolute Gasteiger partial charge is 0.355 e. The van der Waals surface area contributed by atoms with E-state index in [1.807, 2.05) is 60.7 Å². The second-order valence-corrected chi connectivity index (χ2v) is 9.75. The maximum Gasteiger partial charge on any atom is 0.244 e. The van der Waals surface area contributed by atoms with Crippen molar-refractivity contribution in [2.45, 2.75) is 26.4 Å². The molecule has 0 aliphatic heterocycles. The fraction of sp³-hybridized carbons (Fsp3) is 0.280. The Labute approximate surface area is 195 Å². The zero-order valence-corrected chi connectivity index (χ0v) is 19.9. The molecular weight excluding hydrogens is 438 g/mol. The molecule has 1 atom stereocenters. The number of hydrogen-bond donors (Lipinski definition) is 1. The topological polar surface area (TPSA) is 86.8 Å². The van der Waals surface area contributed by atoms with Crippen LogP contribution in [0.1, 0.15) is 19.4 Å². The molecule has 0 fully saturated rings. The molecular formula is C25H29N3O4S. The lowest BCUT2D eigenvalue weighted by atomic mass is 10.1. The maximum absolute atomic E-state index is 13.5. The molecule has 7 nitrogen and oxygen atoms in total. The number of anilines is 1. The summed E-state index contributed by atoms with van der Waals surface area (Å²) in [5, 5.41) is 4.34. The van der Waals surface area contributed by atoms with Crippen LogP contribution in [0.3, 0.4) is 0 Å². The molecule has 8 heteroatoms. The van der Waals surface area contributed by atoms with Crippen LogP contribution in [0, 0.1) is 0 Å². The number of benzene rings is 3. The van der Waals surface area contributed by atoms with E-state index in [4.69, 9.17) is 0 Å². The van der Waals surface area contributed by atoms with Crippen LogP contribution in [0.2, 0.25) is 0 Å². The van der Waals surface area contributed by atoms with Crippen molar-refractivity contribution in [3.8, 4) is 0 Å². The van der Waals surface area contributed by atoms with Crippen molar-refractivity contribution in [1.82, 2.24) is 10.2 Å². The number of hydrogen-bond acceptors (Lipinski definition) is 4. The van der Waals surface area contributed by atoms with Crippen molar-refractivity contribution in [2.75, 3.05) is 23.7 Å². The van der Waals surface area contributed by atoms with E-state index in [0.717, 1.165) is 26.9 Å². The van der Waals surface area contributed by atoms with Crippen molar-refractivity contribution < 1.29 is 18.0 Å². The average molecular weight is 468 g/mol. The van der Waals surface area contributed by atoms with Crippen LogP contribution in [0.15, 0.2) is 72.8 Å². The Hall–Kier alpha value is -3.39. The highest BCUT2D eigenvalue weighted by Crippen LogP contribution is 2.28. The van der Waals surface area contributed by atoms with Crippen LogP contribution in [-0.2, 0) is 26.2 Å². The summed E-state index contributed by atoms with van der Waals surface area (Å²) in [6, 6.07) is 21.3. The molecule has 174 valence electrons. The molecule has 3 aromatic rings. The number of nitrogens with one attached hydrogen (secondary N) is 1. The van der Waals surface area contributed by atoms with Gasteiger partial charge < -0.3 is 10.2 Å². The van der Waals surface area contributed by atoms with E-state index in [1.54, 1.807) is 26.0 Å². The quantitative estimate of drug-likeness (QED) is 0.524. The highest BCUT2D eigenvalue weighted by atomic mass is 32.2. The van der Waals surface area contributed by atoms with E-state index >= 15 is 0 Å². The highest BCUT2D eigenvalue weighted by Gasteiger charge is 2.30. The lowest BCUT2D eigenvalue weighted by Gasteiger charge is -2.31. The molecule has 0 spiro atoms. The smallest absolute Gasteiger partial charge is 0.244 e. The number of sulfonamides is 1. The van der Waals surface area contributed by atoms with Gasteiger partial charge in [0.25, 0.3) is 0 Å². The Balaban J connectivity index is 1.98. The molecule has 0 heterocycles. The van der Waals surface area contributed by atoms with Crippen LogP contribution in [0.4, 0.5) is 5.69 Å². The second kappa shape index (κ2) is 10.5. The predicted octanol–water partition coefficient (Wildman–Crippen LogP) is 3.16. The summed E-state index contributed by atoms with van der Waals surface area (Å²) in [6.45, 7) is 3.66. The molecule has 2 amide bonds. The van der Waals surface area contributed by atoms with Crippen LogP contribution in [0.25, 0.3) is 10.8 Å². The molecule has 0 saturated heterocycles. The Kier molecular flexibility index (Phi) is 7.71. The van der Waals surface area contributed by atoms with Crippen molar-refractivity contribution in [3.05, 3.63) is 78.4 Å². The SMILES string of the molecule is CCNC(=O)[C@H](C)N(Cc1ccccc1)C(=O)CN(c1cccc2ccccc12)S(C)(=O)=O. The van der Waals surface area contributed by atoms with Gasteiger partial charge in [0, 0.05) is 18.5 Å². The molecule has 0 radical (unpaired) electrons. The molecule has 3 rings (SSSR count). The van der Waals surface area contributed by atoms with Gasteiger partial charge in [0.05, 0.1) is 11.9 Å². The first-order chi connectivity index (χ1) is 15.7. The summed E-state index contributed by atoms with van der Waals surface area (Å²) in [5.74, 6) is -0.756. The van der Waals surface area contributed by atoms with Gasteiger partial charge in [0.1, 0.15) is 12.6 Å². The molecule has 0 aliphatic rings. The standard InChI is InChI=1S/C25H29N3O4S/c1-4-26-25(30)19(2)27(17-20-11-6-5-7-12-20)24(29)18-28(33(3,31)32)23-16-10-14-21-13-8-9-15-22(21)23/h5-16,19H,4,17-18H2,1-3H3,(H,26,30)/t19-/m0/s1. The molecule has 33 heavy (non-hydrogen) atoms. The third kappa shape index (κ3) is 5.90. The van der Waals surface area contributed by atoms with Crippen LogP contribution in [0.5, 0.6) is 0 Å².